The third-order valence-corrected chi connectivity index (χ3v) is 7.95. The first-order valence-corrected chi connectivity index (χ1v) is 14.2. The van der Waals surface area contributed by atoms with E-state index in [9.17, 15) is 22.4 Å². The molecule has 1 aliphatic heterocycles. The van der Waals surface area contributed by atoms with Gasteiger partial charge in [0.25, 0.3) is 0 Å². The van der Waals surface area contributed by atoms with E-state index >= 15 is 0 Å². The minimum Gasteiger partial charge on any atom is -0.317 e. The van der Waals surface area contributed by atoms with E-state index in [0.29, 0.717) is 45.1 Å². The average molecular weight is 644 g/mol. The number of benzene rings is 1. The lowest BCUT2D eigenvalue weighted by molar-refractivity contribution is -0.136. The number of likely N-dealkylation sites (tertiary alicyclic amines) is 1. The number of rotatable bonds is 5. The van der Waals surface area contributed by atoms with Gasteiger partial charge in [-0.3, -0.25) is 13.9 Å². The maximum Gasteiger partial charge on any atom is 0.418 e. The van der Waals surface area contributed by atoms with Crippen LogP contribution >= 0.6 is 15.9 Å². The van der Waals surface area contributed by atoms with E-state index in [1.54, 1.807) is 29.8 Å². The molecule has 13 heteroatoms. The van der Waals surface area contributed by atoms with Gasteiger partial charge in [-0.25, -0.2) is 14.2 Å². The van der Waals surface area contributed by atoms with Crippen molar-refractivity contribution in [2.24, 2.45) is 13.0 Å². The van der Waals surface area contributed by atoms with Crippen molar-refractivity contribution in [2.45, 2.75) is 32.5 Å². The van der Waals surface area contributed by atoms with Gasteiger partial charge in [0.1, 0.15) is 22.6 Å². The predicted molar refractivity (Wildman–Crippen MR) is 153 cm³/mol. The molecule has 6 rings (SSSR count). The molecule has 218 valence electrons. The Hall–Kier alpha value is -3.84. The van der Waals surface area contributed by atoms with Crippen molar-refractivity contribution in [1.29, 1.82) is 0 Å². The van der Waals surface area contributed by atoms with E-state index in [0.717, 1.165) is 47.2 Å². The molecule has 0 aliphatic carbocycles. The van der Waals surface area contributed by atoms with Crippen molar-refractivity contribution in [1.82, 2.24) is 33.6 Å². The summed E-state index contributed by atoms with van der Waals surface area (Å²) in [6.45, 7) is 4.03. The fourth-order valence-corrected chi connectivity index (χ4v) is 6.08. The molecule has 0 bridgehead atoms. The van der Waals surface area contributed by atoms with Gasteiger partial charge < -0.3 is 4.57 Å². The van der Waals surface area contributed by atoms with E-state index in [2.05, 4.69) is 42.9 Å². The Balaban J connectivity index is 1.48. The number of piperidine rings is 1. The van der Waals surface area contributed by atoms with Gasteiger partial charge in [0.2, 0.25) is 0 Å². The van der Waals surface area contributed by atoms with E-state index < -0.39 is 23.2 Å². The Kier molecular flexibility index (Phi) is 7.26. The Bertz CT molecular complexity index is 1860. The average Bonchev–Trinajstić information content (AvgIpc) is 3.50. The smallest absolute Gasteiger partial charge is 0.317 e. The van der Waals surface area contributed by atoms with Crippen LogP contribution in [0.1, 0.15) is 30.9 Å². The van der Waals surface area contributed by atoms with E-state index in [1.807, 2.05) is 0 Å². The maximum atomic E-state index is 14.3. The molecular weight excluding hydrogens is 618 g/mol. The number of halogens is 5. The van der Waals surface area contributed by atoms with Crippen LogP contribution < -0.4 is 5.69 Å². The third kappa shape index (κ3) is 5.38. The molecular formula is C29H26BrF4N7O. The first-order valence-electron chi connectivity index (χ1n) is 13.4. The molecule has 42 heavy (non-hydrogen) atoms. The van der Waals surface area contributed by atoms with Gasteiger partial charge in [-0.15, -0.1) is 10.2 Å². The second-order valence-electron chi connectivity index (χ2n) is 10.8. The zero-order valence-corrected chi connectivity index (χ0v) is 24.3. The highest BCUT2D eigenvalue weighted by Gasteiger charge is 2.35. The van der Waals surface area contributed by atoms with Gasteiger partial charge in [0.05, 0.1) is 11.1 Å². The lowest BCUT2D eigenvalue weighted by atomic mass is 9.99. The molecule has 0 amide bonds. The van der Waals surface area contributed by atoms with Crippen molar-refractivity contribution >= 4 is 21.4 Å². The van der Waals surface area contributed by atoms with Crippen LogP contribution in [0.2, 0.25) is 0 Å². The highest BCUT2D eigenvalue weighted by Crippen LogP contribution is 2.35. The van der Waals surface area contributed by atoms with Crippen molar-refractivity contribution < 1.29 is 17.6 Å². The molecule has 5 heterocycles. The number of aromatic nitrogens is 6. The Morgan fingerprint density at radius 3 is 2.62 bits per heavy atom. The quantitative estimate of drug-likeness (QED) is 0.171. The number of hydrogen-bond donors (Lipinski definition) is 0. The lowest BCUT2D eigenvalue weighted by Crippen LogP contribution is -2.34. The van der Waals surface area contributed by atoms with Crippen LogP contribution in [0.5, 0.6) is 0 Å². The summed E-state index contributed by atoms with van der Waals surface area (Å²) < 4.78 is 61.2. The normalized spacial score (nSPS) is 16.4. The van der Waals surface area contributed by atoms with E-state index in [1.165, 1.54) is 24.7 Å². The lowest BCUT2D eigenvalue weighted by Gasteiger charge is -2.31. The number of fused-ring (bicyclic) bond motifs is 1. The minimum atomic E-state index is -4.68. The summed E-state index contributed by atoms with van der Waals surface area (Å²) in [5, 5.41) is 7.98. The van der Waals surface area contributed by atoms with E-state index in [-0.39, 0.29) is 11.3 Å². The van der Waals surface area contributed by atoms with Crippen LogP contribution in [0, 0.1) is 11.7 Å². The number of hydrogen-bond acceptors (Lipinski definition) is 5. The van der Waals surface area contributed by atoms with Gasteiger partial charge in [-0.2, -0.15) is 13.2 Å². The summed E-state index contributed by atoms with van der Waals surface area (Å²) in [6, 6.07) is 8.57. The fourth-order valence-electron chi connectivity index (χ4n) is 5.65. The number of nitrogens with zero attached hydrogens (tertiary/aromatic N) is 7. The summed E-state index contributed by atoms with van der Waals surface area (Å²) in [5.41, 5.74) is 0.127. The SMILES string of the molecule is C[C@H]1CCCN(Cc2cc(C(F)(F)F)c3cn(-c4cc(-c5ccc(F)cc5-c5nncn5C)cc(Br)n4)c(=O)n3c2)C1. The Labute approximate surface area is 246 Å². The number of alkyl halides is 3. The van der Waals surface area contributed by atoms with E-state index in [4.69, 9.17) is 0 Å². The van der Waals surface area contributed by atoms with Crippen molar-refractivity contribution in [2.75, 3.05) is 13.1 Å². The van der Waals surface area contributed by atoms with Crippen LogP contribution in [0.3, 0.4) is 0 Å². The van der Waals surface area contributed by atoms with Crippen molar-refractivity contribution in [3.8, 4) is 28.3 Å². The molecule has 0 radical (unpaired) electrons. The topological polar surface area (TPSA) is 73.2 Å². The van der Waals surface area contributed by atoms with Crippen LogP contribution in [-0.2, 0) is 19.8 Å². The molecule has 0 spiro atoms. The second-order valence-corrected chi connectivity index (χ2v) is 11.6. The first kappa shape index (κ1) is 28.3. The molecule has 0 N–H and O–H groups in total. The summed E-state index contributed by atoms with van der Waals surface area (Å²) in [4.78, 5) is 20.1. The summed E-state index contributed by atoms with van der Waals surface area (Å²) >= 11 is 3.37. The third-order valence-electron chi connectivity index (χ3n) is 7.55. The Morgan fingerprint density at radius 2 is 1.90 bits per heavy atom. The summed E-state index contributed by atoms with van der Waals surface area (Å²) in [7, 11) is 1.72. The largest absolute Gasteiger partial charge is 0.418 e. The molecule has 1 saturated heterocycles. The highest BCUT2D eigenvalue weighted by atomic mass is 79.9. The first-order chi connectivity index (χ1) is 20.0. The van der Waals surface area contributed by atoms with Crippen LogP contribution in [0.15, 0.2) is 64.5 Å². The molecule has 4 aromatic heterocycles. The molecule has 1 fully saturated rings. The van der Waals surface area contributed by atoms with Crippen LogP contribution in [0.25, 0.3) is 33.8 Å². The minimum absolute atomic E-state index is 0.0980. The second kappa shape index (κ2) is 10.8. The zero-order chi connectivity index (χ0) is 29.8. The predicted octanol–water partition coefficient (Wildman–Crippen LogP) is 6.10. The van der Waals surface area contributed by atoms with Crippen molar-refractivity contribution in [3.63, 3.8) is 0 Å². The van der Waals surface area contributed by atoms with Crippen LogP contribution in [0.4, 0.5) is 17.6 Å². The van der Waals surface area contributed by atoms with Gasteiger partial charge in [0, 0.05) is 38.1 Å². The number of aryl methyl sites for hydroxylation is 1. The summed E-state index contributed by atoms with van der Waals surface area (Å²) in [5.74, 6) is 0.493. The Morgan fingerprint density at radius 1 is 1.10 bits per heavy atom. The van der Waals surface area contributed by atoms with Gasteiger partial charge >= 0.3 is 11.9 Å². The molecule has 1 aliphatic rings. The van der Waals surface area contributed by atoms with Crippen molar-refractivity contribution in [3.05, 3.63) is 87.2 Å². The molecule has 0 unspecified atom stereocenters. The fraction of sp³-hybridized carbons (Fsp3) is 0.310. The number of imidazole rings is 1. The van der Waals surface area contributed by atoms with Gasteiger partial charge in [-0.1, -0.05) is 13.0 Å². The zero-order valence-electron chi connectivity index (χ0n) is 22.7. The van der Waals surface area contributed by atoms with Gasteiger partial charge in [0.15, 0.2) is 5.82 Å². The standard InChI is InChI=1S/C29H26BrF4N7O/c1-17-4-3-7-39(12-17)13-18-8-23(29(32,33)34)24-15-41(28(42)40(24)14-18)26-10-19(9-25(30)36-26)21-6-5-20(31)11-22(21)27-37-35-16-38(27)2/h5-6,8-11,14-17H,3-4,7,12-13H2,1-2H3/t17-/m0/s1. The molecule has 5 aromatic rings. The maximum absolute atomic E-state index is 14.3. The highest BCUT2D eigenvalue weighted by molar-refractivity contribution is 9.10. The molecule has 8 nitrogen and oxygen atoms in total. The van der Waals surface area contributed by atoms with Crippen LogP contribution in [-0.4, -0.2) is 46.7 Å². The molecule has 0 saturated carbocycles. The number of pyridine rings is 2. The molecule has 1 aromatic carbocycles. The van der Waals surface area contributed by atoms with Gasteiger partial charge in [-0.05, 0) is 88.3 Å². The molecule has 1 atom stereocenters. The summed E-state index contributed by atoms with van der Waals surface area (Å²) in [6.07, 6.45) is 1.52. The monoisotopic (exact) mass is 643 g/mol.